The van der Waals surface area contributed by atoms with Gasteiger partial charge >= 0.3 is 0 Å². The molecule has 1 amide bonds. The van der Waals surface area contributed by atoms with E-state index in [4.69, 9.17) is 16.3 Å². The second kappa shape index (κ2) is 8.87. The Morgan fingerprint density at radius 2 is 1.93 bits per heavy atom. The van der Waals surface area contributed by atoms with Gasteiger partial charge in [0.05, 0.1) is 25.5 Å². The summed E-state index contributed by atoms with van der Waals surface area (Å²) in [6, 6.07) is 9.16. The number of hydrogen-bond donors (Lipinski definition) is 1. The third-order valence-electron chi connectivity index (χ3n) is 4.78. The first-order valence-corrected chi connectivity index (χ1v) is 9.70. The van der Waals surface area contributed by atoms with Gasteiger partial charge in [-0.1, -0.05) is 23.7 Å². The van der Waals surface area contributed by atoms with Crippen molar-refractivity contribution in [1.82, 2.24) is 20.0 Å². The Bertz CT molecular complexity index is 769. The maximum Gasteiger partial charge on any atom is 0.242 e. The molecule has 1 aliphatic rings. The molecule has 1 aromatic heterocycles. The van der Waals surface area contributed by atoms with Crippen molar-refractivity contribution in [3.63, 3.8) is 0 Å². The van der Waals surface area contributed by atoms with Crippen LogP contribution in [0.1, 0.15) is 29.9 Å². The van der Waals surface area contributed by atoms with Crippen LogP contribution in [-0.2, 0) is 16.1 Å². The molecule has 6 nitrogen and oxygen atoms in total. The first-order valence-electron chi connectivity index (χ1n) is 9.32. The summed E-state index contributed by atoms with van der Waals surface area (Å²) in [6.45, 7) is 9.38. The van der Waals surface area contributed by atoms with Crippen molar-refractivity contribution in [3.8, 4) is 0 Å². The van der Waals surface area contributed by atoms with Crippen LogP contribution >= 0.6 is 11.6 Å². The van der Waals surface area contributed by atoms with E-state index in [0.29, 0.717) is 24.8 Å². The van der Waals surface area contributed by atoms with Crippen LogP contribution in [0.15, 0.2) is 30.3 Å². The van der Waals surface area contributed by atoms with Gasteiger partial charge in [-0.15, -0.1) is 0 Å². The molecule has 2 heterocycles. The van der Waals surface area contributed by atoms with Crippen LogP contribution in [0, 0.1) is 13.8 Å². The number of carbonyl (C=O) groups excluding carboxylic acids is 1. The predicted molar refractivity (Wildman–Crippen MR) is 106 cm³/mol. The summed E-state index contributed by atoms with van der Waals surface area (Å²) in [7, 11) is 0. The molecule has 0 bridgehead atoms. The molecule has 3 rings (SSSR count). The largest absolute Gasteiger partial charge is 0.379 e. The van der Waals surface area contributed by atoms with Crippen LogP contribution in [0.3, 0.4) is 0 Å². The fourth-order valence-electron chi connectivity index (χ4n) is 3.50. The standard InChI is InChI=1S/C20H27ClN4O2/c1-14-12-16(3)25(23-14)13-15(2)22-20(26)19(24-8-10-27-11-9-24)17-4-6-18(21)7-5-17/h4-7,12,15,19H,8-11,13H2,1-3H3,(H,22,26)/t15-,19+/m0/s1. The van der Waals surface area contributed by atoms with Gasteiger partial charge in [0.2, 0.25) is 5.91 Å². The van der Waals surface area contributed by atoms with Crippen LogP contribution in [0.2, 0.25) is 5.02 Å². The van der Waals surface area contributed by atoms with Crippen LogP contribution in [-0.4, -0.2) is 52.9 Å². The number of rotatable bonds is 6. The molecule has 7 heteroatoms. The molecule has 1 saturated heterocycles. The number of morpholine rings is 1. The van der Waals surface area contributed by atoms with Gasteiger partial charge < -0.3 is 10.1 Å². The van der Waals surface area contributed by atoms with E-state index in [1.165, 1.54) is 0 Å². The third kappa shape index (κ3) is 5.09. The molecule has 0 radical (unpaired) electrons. The lowest BCUT2D eigenvalue weighted by Crippen LogP contribution is -2.48. The number of hydrogen-bond acceptors (Lipinski definition) is 4. The zero-order valence-electron chi connectivity index (χ0n) is 16.1. The SMILES string of the molecule is Cc1cc(C)n(C[C@H](C)NC(=O)[C@@H](c2ccc(Cl)cc2)N2CCOCC2)n1. The van der Waals surface area contributed by atoms with Gasteiger partial charge in [0.25, 0.3) is 0 Å². The van der Waals surface area contributed by atoms with E-state index in [-0.39, 0.29) is 18.0 Å². The number of carbonyl (C=O) groups is 1. The minimum Gasteiger partial charge on any atom is -0.379 e. The summed E-state index contributed by atoms with van der Waals surface area (Å²) < 4.78 is 7.39. The molecule has 1 aliphatic heterocycles. The first-order chi connectivity index (χ1) is 12.9. The fourth-order valence-corrected chi connectivity index (χ4v) is 3.62. The number of aryl methyl sites for hydroxylation is 2. The van der Waals surface area contributed by atoms with Crippen molar-refractivity contribution in [2.45, 2.75) is 39.4 Å². The third-order valence-corrected chi connectivity index (χ3v) is 5.04. The van der Waals surface area contributed by atoms with Crippen LogP contribution in [0.5, 0.6) is 0 Å². The average molecular weight is 391 g/mol. The molecule has 1 aromatic carbocycles. The lowest BCUT2D eigenvalue weighted by atomic mass is 10.0. The van der Waals surface area contributed by atoms with Gasteiger partial charge in [0.15, 0.2) is 0 Å². The van der Waals surface area contributed by atoms with Crippen LogP contribution in [0.25, 0.3) is 0 Å². The van der Waals surface area contributed by atoms with E-state index in [1.54, 1.807) is 0 Å². The highest BCUT2D eigenvalue weighted by molar-refractivity contribution is 6.30. The predicted octanol–water partition coefficient (Wildman–Crippen LogP) is 2.73. The zero-order chi connectivity index (χ0) is 19.4. The maximum atomic E-state index is 13.2. The maximum absolute atomic E-state index is 13.2. The summed E-state index contributed by atoms with van der Waals surface area (Å²) in [6.07, 6.45) is 0. The number of ether oxygens (including phenoxy) is 1. The highest BCUT2D eigenvalue weighted by Crippen LogP contribution is 2.24. The molecule has 0 spiro atoms. The Morgan fingerprint density at radius 1 is 1.26 bits per heavy atom. The van der Waals surface area contributed by atoms with Crippen molar-refractivity contribution in [2.75, 3.05) is 26.3 Å². The minimum atomic E-state index is -0.353. The molecule has 0 aliphatic carbocycles. The molecule has 2 aromatic rings. The highest BCUT2D eigenvalue weighted by Gasteiger charge is 2.29. The quantitative estimate of drug-likeness (QED) is 0.823. The summed E-state index contributed by atoms with van der Waals surface area (Å²) >= 11 is 6.03. The monoisotopic (exact) mass is 390 g/mol. The van der Waals surface area contributed by atoms with Crippen molar-refractivity contribution in [3.05, 3.63) is 52.3 Å². The number of aromatic nitrogens is 2. The Balaban J connectivity index is 1.73. The van der Waals surface area contributed by atoms with Gasteiger partial charge in [0.1, 0.15) is 6.04 Å². The lowest BCUT2D eigenvalue weighted by Gasteiger charge is -2.34. The summed E-state index contributed by atoms with van der Waals surface area (Å²) in [5.74, 6) is -0.00625. The molecule has 2 atom stereocenters. The second-order valence-corrected chi connectivity index (χ2v) is 7.56. The van der Waals surface area contributed by atoms with Crippen LogP contribution in [0.4, 0.5) is 0 Å². The van der Waals surface area contributed by atoms with E-state index in [0.717, 1.165) is 30.0 Å². The Kier molecular flexibility index (Phi) is 6.52. The Morgan fingerprint density at radius 3 is 2.52 bits per heavy atom. The molecule has 1 fully saturated rings. The fraction of sp³-hybridized carbons (Fsp3) is 0.500. The summed E-state index contributed by atoms with van der Waals surface area (Å²) in [4.78, 5) is 15.3. The molecule has 27 heavy (non-hydrogen) atoms. The highest BCUT2D eigenvalue weighted by atomic mass is 35.5. The van der Waals surface area contributed by atoms with Gasteiger partial charge in [-0.25, -0.2) is 0 Å². The Labute approximate surface area is 165 Å². The van der Waals surface area contributed by atoms with Crippen LogP contribution < -0.4 is 5.32 Å². The number of nitrogens with zero attached hydrogens (tertiary/aromatic N) is 3. The van der Waals surface area contributed by atoms with E-state index >= 15 is 0 Å². The summed E-state index contributed by atoms with van der Waals surface area (Å²) in [5.41, 5.74) is 3.02. The van der Waals surface area contributed by atoms with Gasteiger partial charge in [-0.05, 0) is 44.5 Å². The minimum absolute atomic E-state index is 0.00625. The summed E-state index contributed by atoms with van der Waals surface area (Å²) in [5, 5.41) is 8.31. The van der Waals surface area contributed by atoms with Crippen molar-refractivity contribution < 1.29 is 9.53 Å². The normalized spacial score (nSPS) is 17.5. The molecular formula is C20H27ClN4O2. The van der Waals surface area contributed by atoms with E-state index in [9.17, 15) is 4.79 Å². The zero-order valence-corrected chi connectivity index (χ0v) is 16.9. The smallest absolute Gasteiger partial charge is 0.242 e. The second-order valence-electron chi connectivity index (χ2n) is 7.12. The molecular weight excluding hydrogens is 364 g/mol. The number of benzene rings is 1. The van der Waals surface area contributed by atoms with Crippen molar-refractivity contribution in [2.24, 2.45) is 0 Å². The first kappa shape index (κ1) is 19.9. The van der Waals surface area contributed by atoms with E-state index < -0.39 is 0 Å². The lowest BCUT2D eigenvalue weighted by molar-refractivity contribution is -0.129. The van der Waals surface area contributed by atoms with Crippen molar-refractivity contribution in [1.29, 1.82) is 0 Å². The van der Waals surface area contributed by atoms with Gasteiger partial charge in [0, 0.05) is 29.8 Å². The average Bonchev–Trinajstić information content (AvgIpc) is 2.94. The van der Waals surface area contributed by atoms with Gasteiger partial charge in [-0.2, -0.15) is 5.10 Å². The van der Waals surface area contributed by atoms with E-state index in [1.807, 2.05) is 55.8 Å². The molecule has 0 unspecified atom stereocenters. The van der Waals surface area contributed by atoms with E-state index in [2.05, 4.69) is 15.3 Å². The van der Waals surface area contributed by atoms with Gasteiger partial charge in [-0.3, -0.25) is 14.4 Å². The molecule has 0 saturated carbocycles. The number of amides is 1. The molecule has 146 valence electrons. The topological polar surface area (TPSA) is 59.4 Å². The van der Waals surface area contributed by atoms with Crippen molar-refractivity contribution >= 4 is 17.5 Å². The number of halogens is 1. The Hall–Kier alpha value is -1.89. The molecule has 1 N–H and O–H groups in total. The number of nitrogens with one attached hydrogen (secondary N) is 1.